The molecule has 4 aromatic rings. The van der Waals surface area contributed by atoms with E-state index in [0.717, 1.165) is 40.2 Å². The zero-order chi connectivity index (χ0) is 25.4. The third-order valence-electron chi connectivity index (χ3n) is 6.59. The summed E-state index contributed by atoms with van der Waals surface area (Å²) in [5.74, 6) is 1.97. The van der Waals surface area contributed by atoms with Gasteiger partial charge < -0.3 is 23.8 Å². The molecule has 188 valence electrons. The largest absolute Gasteiger partial charge is 0.493 e. The molecule has 0 aliphatic carbocycles. The first-order valence-corrected chi connectivity index (χ1v) is 12.8. The lowest BCUT2D eigenvalue weighted by atomic mass is 10.1. The molecule has 1 fully saturated rings. The number of fused-ring (bicyclic) bond motifs is 3. The summed E-state index contributed by atoms with van der Waals surface area (Å²) in [5, 5.41) is 0.910. The summed E-state index contributed by atoms with van der Waals surface area (Å²) in [6.07, 6.45) is 3.76. The summed E-state index contributed by atoms with van der Waals surface area (Å²) >= 11 is 1.63. The Hall–Kier alpha value is -4.11. The fourth-order valence-corrected chi connectivity index (χ4v) is 5.65. The van der Waals surface area contributed by atoms with Gasteiger partial charge in [-0.15, -0.1) is 11.3 Å². The second-order valence-electron chi connectivity index (χ2n) is 8.77. The van der Waals surface area contributed by atoms with Crippen LogP contribution in [0, 0.1) is 0 Å². The van der Waals surface area contributed by atoms with Crippen molar-refractivity contribution in [1.82, 2.24) is 9.88 Å². The second kappa shape index (κ2) is 9.74. The first-order chi connectivity index (χ1) is 18.1. The lowest BCUT2D eigenvalue weighted by Crippen LogP contribution is -2.35. The molecule has 3 aromatic carbocycles. The molecule has 2 aliphatic rings. The summed E-state index contributed by atoms with van der Waals surface area (Å²) in [5.41, 5.74) is 2.99. The minimum Gasteiger partial charge on any atom is -0.493 e. The number of methoxy groups -OCH3 is 2. The van der Waals surface area contributed by atoms with Gasteiger partial charge in [-0.05, 0) is 49.2 Å². The lowest BCUT2D eigenvalue weighted by molar-refractivity contribution is 0.0774. The number of thiazole rings is 1. The van der Waals surface area contributed by atoms with Crippen LogP contribution < -0.4 is 18.9 Å². The molecule has 0 saturated carbocycles. The van der Waals surface area contributed by atoms with Crippen LogP contribution in [0.5, 0.6) is 23.0 Å². The van der Waals surface area contributed by atoms with E-state index in [0.29, 0.717) is 34.2 Å². The molecule has 0 spiro atoms. The van der Waals surface area contributed by atoms with E-state index in [4.69, 9.17) is 23.9 Å². The van der Waals surface area contributed by atoms with Crippen LogP contribution in [-0.2, 0) is 0 Å². The topological polar surface area (TPSA) is 82.5 Å². The number of aliphatic imine (C=N–C) groups is 1. The number of carbonyl (C=O) groups excluding carboxylic acids is 1. The summed E-state index contributed by atoms with van der Waals surface area (Å²) < 4.78 is 24.0. The summed E-state index contributed by atoms with van der Waals surface area (Å²) in [7, 11) is 3.14. The van der Waals surface area contributed by atoms with E-state index in [1.54, 1.807) is 37.7 Å². The van der Waals surface area contributed by atoms with Crippen molar-refractivity contribution >= 4 is 39.4 Å². The number of para-hydroxylation sites is 1. The van der Waals surface area contributed by atoms with E-state index in [1.165, 1.54) is 0 Å². The van der Waals surface area contributed by atoms with E-state index in [9.17, 15) is 4.79 Å². The molecule has 1 amide bonds. The maximum absolute atomic E-state index is 13.1. The van der Waals surface area contributed by atoms with Gasteiger partial charge in [-0.3, -0.25) is 9.79 Å². The van der Waals surface area contributed by atoms with Gasteiger partial charge in [0, 0.05) is 24.4 Å². The SMILES string of the molecule is COc1cc(-c2nc3ccccc3s2)ccc1OCOc1cc2c(cc1OC)C(=O)N1CCC[C@H]1C=N2. The molecule has 0 N–H and O–H groups in total. The molecule has 3 heterocycles. The monoisotopic (exact) mass is 515 g/mol. The zero-order valence-electron chi connectivity index (χ0n) is 20.5. The predicted molar refractivity (Wildman–Crippen MR) is 143 cm³/mol. The maximum Gasteiger partial charge on any atom is 0.256 e. The molecule has 1 saturated heterocycles. The highest BCUT2D eigenvalue weighted by Crippen LogP contribution is 2.39. The maximum atomic E-state index is 13.1. The quantitative estimate of drug-likeness (QED) is 0.293. The smallest absolute Gasteiger partial charge is 0.256 e. The Labute approximate surface area is 218 Å². The molecule has 2 aliphatic heterocycles. The standard InChI is InChI=1S/C28H25N3O5S/c1-33-23-12-17(27-30-20-7-3-4-8-26(20)37-27)9-10-22(23)35-16-36-25-14-21-19(13-24(25)34-2)28(32)31-11-5-6-18(31)15-29-21/h3-4,7-10,12-15,18H,5-6,11,16H2,1-2H3/t18-/m0/s1. The molecule has 0 radical (unpaired) electrons. The summed E-state index contributed by atoms with van der Waals surface area (Å²) in [6.45, 7) is 0.654. The predicted octanol–water partition coefficient (Wildman–Crippen LogP) is 5.72. The average Bonchev–Trinajstić information content (AvgIpc) is 3.56. The summed E-state index contributed by atoms with van der Waals surface area (Å²) in [6, 6.07) is 17.2. The molecule has 37 heavy (non-hydrogen) atoms. The number of amides is 1. The Bertz CT molecular complexity index is 1480. The van der Waals surface area contributed by atoms with Crippen LogP contribution in [0.4, 0.5) is 5.69 Å². The van der Waals surface area contributed by atoms with Crippen molar-refractivity contribution in [1.29, 1.82) is 0 Å². The Morgan fingerprint density at radius 2 is 1.78 bits per heavy atom. The molecule has 1 aromatic heterocycles. The van der Waals surface area contributed by atoms with Crippen LogP contribution in [0.25, 0.3) is 20.8 Å². The van der Waals surface area contributed by atoms with Crippen molar-refractivity contribution in [3.05, 3.63) is 60.2 Å². The Balaban J connectivity index is 1.20. The number of hydrogen-bond donors (Lipinski definition) is 0. The van der Waals surface area contributed by atoms with Gasteiger partial charge in [-0.2, -0.15) is 0 Å². The van der Waals surface area contributed by atoms with Crippen molar-refractivity contribution in [2.45, 2.75) is 18.9 Å². The number of carbonyl (C=O) groups is 1. The van der Waals surface area contributed by atoms with Crippen molar-refractivity contribution in [2.24, 2.45) is 4.99 Å². The molecule has 1 atom stereocenters. The van der Waals surface area contributed by atoms with Crippen LogP contribution in [0.3, 0.4) is 0 Å². The van der Waals surface area contributed by atoms with Crippen molar-refractivity contribution in [2.75, 3.05) is 27.6 Å². The van der Waals surface area contributed by atoms with Crippen LogP contribution in [-0.4, -0.2) is 55.6 Å². The van der Waals surface area contributed by atoms with Crippen molar-refractivity contribution in [3.63, 3.8) is 0 Å². The van der Waals surface area contributed by atoms with Crippen LogP contribution in [0.1, 0.15) is 23.2 Å². The second-order valence-corrected chi connectivity index (χ2v) is 9.80. The fraction of sp³-hybridized carbons (Fsp3) is 0.250. The number of benzene rings is 3. The molecule has 6 rings (SSSR count). The van der Waals surface area contributed by atoms with E-state index in [1.807, 2.05) is 47.5 Å². The molecule has 0 unspecified atom stereocenters. The highest BCUT2D eigenvalue weighted by atomic mass is 32.1. The van der Waals surface area contributed by atoms with Gasteiger partial charge in [0.1, 0.15) is 5.01 Å². The third-order valence-corrected chi connectivity index (χ3v) is 7.68. The van der Waals surface area contributed by atoms with Gasteiger partial charge in [0.25, 0.3) is 5.91 Å². The minimum atomic E-state index is -0.0849. The molecular weight excluding hydrogens is 490 g/mol. The van der Waals surface area contributed by atoms with E-state index in [2.05, 4.69) is 11.1 Å². The zero-order valence-corrected chi connectivity index (χ0v) is 21.3. The summed E-state index contributed by atoms with van der Waals surface area (Å²) in [4.78, 5) is 24.2. The molecule has 0 bridgehead atoms. The minimum absolute atomic E-state index is 0.0333. The van der Waals surface area contributed by atoms with Gasteiger partial charge in [-0.25, -0.2) is 4.98 Å². The van der Waals surface area contributed by atoms with E-state index in [-0.39, 0.29) is 18.7 Å². The fourth-order valence-electron chi connectivity index (χ4n) is 4.69. The Morgan fingerprint density at radius 1 is 0.973 bits per heavy atom. The van der Waals surface area contributed by atoms with Gasteiger partial charge in [0.05, 0.1) is 41.7 Å². The van der Waals surface area contributed by atoms with E-state index >= 15 is 0 Å². The Morgan fingerprint density at radius 3 is 2.62 bits per heavy atom. The van der Waals surface area contributed by atoms with Crippen LogP contribution >= 0.6 is 11.3 Å². The molecule has 8 nitrogen and oxygen atoms in total. The van der Waals surface area contributed by atoms with Crippen LogP contribution in [0.15, 0.2) is 59.6 Å². The first kappa shape index (κ1) is 23.3. The molecule has 9 heteroatoms. The van der Waals surface area contributed by atoms with Crippen molar-refractivity contribution < 1.29 is 23.7 Å². The molecular formula is C28H25N3O5S. The average molecular weight is 516 g/mol. The number of rotatable bonds is 7. The number of aromatic nitrogens is 1. The van der Waals surface area contributed by atoms with Gasteiger partial charge in [-0.1, -0.05) is 12.1 Å². The number of hydrogen-bond acceptors (Lipinski definition) is 8. The van der Waals surface area contributed by atoms with E-state index < -0.39 is 0 Å². The highest BCUT2D eigenvalue weighted by molar-refractivity contribution is 7.21. The van der Waals surface area contributed by atoms with Gasteiger partial charge in [0.15, 0.2) is 23.0 Å². The lowest BCUT2D eigenvalue weighted by Gasteiger charge is -2.20. The normalized spacial score (nSPS) is 16.3. The van der Waals surface area contributed by atoms with Gasteiger partial charge in [0.2, 0.25) is 6.79 Å². The number of ether oxygens (including phenoxy) is 4. The Kier molecular flexibility index (Phi) is 6.13. The number of nitrogens with zero attached hydrogens (tertiary/aromatic N) is 3. The van der Waals surface area contributed by atoms with Gasteiger partial charge >= 0.3 is 0 Å². The third kappa shape index (κ3) is 4.35. The highest BCUT2D eigenvalue weighted by Gasteiger charge is 2.32. The van der Waals surface area contributed by atoms with Crippen molar-refractivity contribution in [3.8, 4) is 33.6 Å². The first-order valence-electron chi connectivity index (χ1n) is 12.0. The van der Waals surface area contributed by atoms with Crippen LogP contribution in [0.2, 0.25) is 0 Å².